The van der Waals surface area contributed by atoms with Gasteiger partial charge in [0.2, 0.25) is 11.8 Å². The molecule has 0 aromatic carbocycles. The van der Waals surface area contributed by atoms with Gasteiger partial charge in [-0.15, -0.1) is 0 Å². The smallest absolute Gasteiger partial charge is 0.307 e. The fraction of sp³-hybridized carbons (Fsp3) is 0.700. The fourth-order valence-corrected chi connectivity index (χ4v) is 2.01. The molecule has 0 aromatic rings. The second kappa shape index (κ2) is 4.11. The normalized spacial score (nSPS) is 25.9. The summed E-state index contributed by atoms with van der Waals surface area (Å²) in [5, 5.41) is 11.4. The molecule has 6 nitrogen and oxygen atoms in total. The Morgan fingerprint density at radius 2 is 1.88 bits per heavy atom. The van der Waals surface area contributed by atoms with Crippen molar-refractivity contribution < 1.29 is 19.5 Å². The summed E-state index contributed by atoms with van der Waals surface area (Å²) in [4.78, 5) is 32.9. The topological polar surface area (TPSA) is 109 Å². The summed E-state index contributed by atoms with van der Waals surface area (Å²) in [5.74, 6) is -2.93. The van der Waals surface area contributed by atoms with Gasteiger partial charge in [-0.25, -0.2) is 0 Å². The first-order valence-electron chi connectivity index (χ1n) is 5.07. The number of carboxylic acid groups (broad SMARTS) is 1. The molecule has 0 aromatic heterocycles. The number of amides is 2. The Kier molecular flexibility index (Phi) is 3.21. The monoisotopic (exact) mass is 228 g/mol. The first-order chi connectivity index (χ1) is 7.28. The van der Waals surface area contributed by atoms with Crippen molar-refractivity contribution in [2.45, 2.75) is 20.3 Å². The summed E-state index contributed by atoms with van der Waals surface area (Å²) in [6.45, 7) is 3.64. The highest BCUT2D eigenvalue weighted by Crippen LogP contribution is 2.58. The molecule has 0 bridgehead atoms. The number of carbonyl (C=O) groups is 3. The lowest BCUT2D eigenvalue weighted by atomic mass is 10.1. The number of hydrogen-bond donors (Lipinski definition) is 3. The van der Waals surface area contributed by atoms with E-state index >= 15 is 0 Å². The first kappa shape index (κ1) is 12.5. The average molecular weight is 228 g/mol. The van der Waals surface area contributed by atoms with E-state index in [-0.39, 0.29) is 18.9 Å². The molecule has 6 heteroatoms. The Hall–Kier alpha value is -1.59. The van der Waals surface area contributed by atoms with Crippen LogP contribution in [0.3, 0.4) is 0 Å². The first-order valence-corrected chi connectivity index (χ1v) is 5.07. The van der Waals surface area contributed by atoms with Crippen molar-refractivity contribution in [3.8, 4) is 0 Å². The zero-order chi connectivity index (χ0) is 12.5. The van der Waals surface area contributed by atoms with Crippen molar-refractivity contribution in [1.29, 1.82) is 0 Å². The molecular formula is C10H16N2O4. The van der Waals surface area contributed by atoms with Gasteiger partial charge in [0.05, 0.1) is 11.8 Å². The van der Waals surface area contributed by atoms with Gasteiger partial charge in [0.25, 0.3) is 0 Å². The third kappa shape index (κ3) is 2.32. The molecule has 2 atom stereocenters. The number of hydrogen-bond acceptors (Lipinski definition) is 3. The molecule has 1 aliphatic rings. The predicted octanol–water partition coefficient (Wildman–Crippen LogP) is -0.665. The van der Waals surface area contributed by atoms with Crippen LogP contribution in [-0.2, 0) is 14.4 Å². The number of aliphatic carboxylic acids is 1. The van der Waals surface area contributed by atoms with Gasteiger partial charge in [-0.1, -0.05) is 13.8 Å². The largest absolute Gasteiger partial charge is 0.481 e. The van der Waals surface area contributed by atoms with Crippen LogP contribution in [0.2, 0.25) is 0 Å². The highest BCUT2D eigenvalue weighted by atomic mass is 16.4. The maximum atomic E-state index is 11.6. The number of nitrogens with one attached hydrogen (secondary N) is 1. The number of rotatable bonds is 5. The van der Waals surface area contributed by atoms with Gasteiger partial charge < -0.3 is 16.2 Å². The molecule has 1 saturated carbocycles. The lowest BCUT2D eigenvalue weighted by Gasteiger charge is -2.04. The molecule has 2 amide bonds. The van der Waals surface area contributed by atoms with Crippen LogP contribution in [0.5, 0.6) is 0 Å². The van der Waals surface area contributed by atoms with Crippen LogP contribution in [0.25, 0.3) is 0 Å². The second-order valence-electron chi connectivity index (χ2n) is 4.62. The van der Waals surface area contributed by atoms with Crippen molar-refractivity contribution in [2.24, 2.45) is 23.0 Å². The van der Waals surface area contributed by atoms with Crippen molar-refractivity contribution in [3.05, 3.63) is 0 Å². The summed E-state index contributed by atoms with van der Waals surface area (Å²) in [5.41, 5.74) is 4.40. The molecule has 90 valence electrons. The van der Waals surface area contributed by atoms with Gasteiger partial charge in [0.15, 0.2) is 0 Å². The Morgan fingerprint density at radius 1 is 1.31 bits per heavy atom. The van der Waals surface area contributed by atoms with E-state index in [4.69, 9.17) is 10.8 Å². The maximum absolute atomic E-state index is 11.6. The van der Waals surface area contributed by atoms with Gasteiger partial charge in [-0.05, 0) is 5.41 Å². The van der Waals surface area contributed by atoms with Crippen LogP contribution >= 0.6 is 0 Å². The molecule has 0 heterocycles. The minimum absolute atomic E-state index is 0.0661. The second-order valence-corrected chi connectivity index (χ2v) is 4.62. The molecule has 0 aliphatic heterocycles. The molecular weight excluding hydrogens is 212 g/mol. The van der Waals surface area contributed by atoms with Crippen molar-refractivity contribution in [2.75, 3.05) is 6.54 Å². The van der Waals surface area contributed by atoms with E-state index < -0.39 is 29.1 Å². The molecule has 1 rings (SSSR count). The summed E-state index contributed by atoms with van der Waals surface area (Å²) in [6.07, 6.45) is 0.0661. The lowest BCUT2D eigenvalue weighted by molar-refractivity contribution is -0.140. The summed E-state index contributed by atoms with van der Waals surface area (Å²) in [7, 11) is 0. The molecule has 0 unspecified atom stereocenters. The number of carboxylic acids is 1. The minimum atomic E-state index is -0.958. The van der Waals surface area contributed by atoms with Crippen LogP contribution in [0.15, 0.2) is 0 Å². The Labute approximate surface area is 93.2 Å². The highest BCUT2D eigenvalue weighted by Gasteiger charge is 2.65. The predicted molar refractivity (Wildman–Crippen MR) is 55.2 cm³/mol. The number of nitrogens with two attached hydrogens (primary N) is 1. The van der Waals surface area contributed by atoms with E-state index in [1.807, 2.05) is 0 Å². The molecule has 0 radical (unpaired) electrons. The van der Waals surface area contributed by atoms with Gasteiger partial charge >= 0.3 is 5.97 Å². The van der Waals surface area contributed by atoms with Crippen LogP contribution in [0, 0.1) is 17.3 Å². The zero-order valence-electron chi connectivity index (χ0n) is 9.32. The molecule has 16 heavy (non-hydrogen) atoms. The van der Waals surface area contributed by atoms with E-state index in [0.717, 1.165) is 0 Å². The summed E-state index contributed by atoms with van der Waals surface area (Å²) in [6, 6.07) is 0. The van der Waals surface area contributed by atoms with Crippen LogP contribution in [-0.4, -0.2) is 29.4 Å². The Bertz CT molecular complexity index is 338. The average Bonchev–Trinajstić information content (AvgIpc) is 2.68. The van der Waals surface area contributed by atoms with Crippen LogP contribution < -0.4 is 11.1 Å². The molecule has 1 fully saturated rings. The molecule has 0 spiro atoms. The number of primary amides is 1. The van der Waals surface area contributed by atoms with E-state index in [1.165, 1.54) is 0 Å². The van der Waals surface area contributed by atoms with Crippen molar-refractivity contribution >= 4 is 17.8 Å². The third-order valence-corrected chi connectivity index (χ3v) is 3.05. The number of carbonyl (C=O) groups excluding carboxylic acids is 2. The quantitative estimate of drug-likeness (QED) is 0.580. The van der Waals surface area contributed by atoms with Gasteiger partial charge in [0.1, 0.15) is 0 Å². The Balaban J connectivity index is 2.45. The standard InChI is InChI=1S/C10H16N2O4/c1-10(2)6(7(10)9(15)16)8(14)12-4-3-5(11)13/h6-7H,3-4H2,1-2H3,(H2,11,13)(H,12,14)(H,15,16)/t6-,7+/m1/s1. The van der Waals surface area contributed by atoms with E-state index in [1.54, 1.807) is 13.8 Å². The third-order valence-electron chi connectivity index (χ3n) is 3.05. The summed E-state index contributed by atoms with van der Waals surface area (Å²) >= 11 is 0. The van der Waals surface area contributed by atoms with Crippen molar-refractivity contribution in [3.63, 3.8) is 0 Å². The SMILES string of the molecule is CC1(C)[C@H](C(=O)O)[C@@H]1C(=O)NCCC(N)=O. The Morgan fingerprint density at radius 3 is 2.25 bits per heavy atom. The summed E-state index contributed by atoms with van der Waals surface area (Å²) < 4.78 is 0. The van der Waals surface area contributed by atoms with E-state index in [9.17, 15) is 14.4 Å². The lowest BCUT2D eigenvalue weighted by Crippen LogP contribution is -2.30. The van der Waals surface area contributed by atoms with Gasteiger partial charge in [-0.3, -0.25) is 14.4 Å². The molecule has 4 N–H and O–H groups in total. The van der Waals surface area contributed by atoms with Gasteiger partial charge in [0, 0.05) is 13.0 Å². The molecule has 1 aliphatic carbocycles. The maximum Gasteiger partial charge on any atom is 0.307 e. The van der Waals surface area contributed by atoms with Crippen LogP contribution in [0.1, 0.15) is 20.3 Å². The van der Waals surface area contributed by atoms with E-state index in [2.05, 4.69) is 5.32 Å². The van der Waals surface area contributed by atoms with Crippen molar-refractivity contribution in [1.82, 2.24) is 5.32 Å². The molecule has 0 saturated heterocycles. The van der Waals surface area contributed by atoms with Gasteiger partial charge in [-0.2, -0.15) is 0 Å². The fourth-order valence-electron chi connectivity index (χ4n) is 2.01. The zero-order valence-corrected chi connectivity index (χ0v) is 9.32. The van der Waals surface area contributed by atoms with Crippen LogP contribution in [0.4, 0.5) is 0 Å². The minimum Gasteiger partial charge on any atom is -0.481 e. The highest BCUT2D eigenvalue weighted by molar-refractivity contribution is 5.91. The van der Waals surface area contributed by atoms with E-state index in [0.29, 0.717) is 0 Å².